The molecule has 1 saturated heterocycles. The highest BCUT2D eigenvalue weighted by atomic mass is 32.2. The van der Waals surface area contributed by atoms with Gasteiger partial charge in [0, 0.05) is 38.1 Å². The number of sulfonamides is 1. The highest BCUT2D eigenvalue weighted by Gasteiger charge is 2.28. The summed E-state index contributed by atoms with van der Waals surface area (Å²) in [6.45, 7) is -0.0258. The fourth-order valence-corrected chi connectivity index (χ4v) is 4.30. The zero-order valence-electron chi connectivity index (χ0n) is 15.5. The lowest BCUT2D eigenvalue weighted by atomic mass is 10.2. The second-order valence-electron chi connectivity index (χ2n) is 6.61. The first-order chi connectivity index (χ1) is 13.7. The Kier molecular flexibility index (Phi) is 6.58. The number of ether oxygens (including phenoxy) is 1. The Morgan fingerprint density at radius 2 is 1.79 bits per heavy atom. The maximum Gasteiger partial charge on any atom is 0.422 e. The fourth-order valence-electron chi connectivity index (χ4n) is 2.84. The van der Waals surface area contributed by atoms with Crippen LogP contribution in [0.5, 0.6) is 5.88 Å². The number of aromatic nitrogens is 2. The predicted octanol–water partition coefficient (Wildman–Crippen LogP) is 3.20. The first-order valence-electron chi connectivity index (χ1n) is 9.09. The molecule has 1 aliphatic heterocycles. The number of pyridine rings is 2. The molecule has 1 N–H and O–H groups in total. The monoisotopic (exact) mass is 430 g/mol. The van der Waals surface area contributed by atoms with Crippen LogP contribution in [0.1, 0.15) is 24.8 Å². The molecule has 11 heteroatoms. The van der Waals surface area contributed by atoms with Crippen LogP contribution in [-0.4, -0.2) is 48.6 Å². The van der Waals surface area contributed by atoms with Crippen molar-refractivity contribution < 1.29 is 26.3 Å². The number of hydrogen-bond acceptors (Lipinski definition) is 6. The Hall–Kier alpha value is -2.40. The largest absolute Gasteiger partial charge is 0.468 e. The van der Waals surface area contributed by atoms with Gasteiger partial charge in [0.2, 0.25) is 15.9 Å². The number of alkyl halides is 3. The van der Waals surface area contributed by atoms with E-state index in [1.807, 2.05) is 0 Å². The molecule has 0 saturated carbocycles. The molecule has 29 heavy (non-hydrogen) atoms. The van der Waals surface area contributed by atoms with Crippen molar-refractivity contribution in [2.24, 2.45) is 0 Å². The van der Waals surface area contributed by atoms with Gasteiger partial charge in [-0.25, -0.2) is 18.4 Å². The average molecular weight is 430 g/mol. The molecule has 7 nitrogen and oxygen atoms in total. The summed E-state index contributed by atoms with van der Waals surface area (Å²) in [7, 11) is -3.53. The molecule has 2 aromatic heterocycles. The Labute approximate surface area is 167 Å². The molecule has 0 aromatic carbocycles. The van der Waals surface area contributed by atoms with Crippen LogP contribution in [0.3, 0.4) is 0 Å². The number of halogens is 3. The Bertz CT molecular complexity index is 897. The van der Waals surface area contributed by atoms with Crippen LogP contribution < -0.4 is 10.1 Å². The van der Waals surface area contributed by atoms with Crippen molar-refractivity contribution in [3.05, 3.63) is 42.2 Å². The van der Waals surface area contributed by atoms with Gasteiger partial charge < -0.3 is 10.1 Å². The van der Waals surface area contributed by atoms with Gasteiger partial charge in [-0.05, 0) is 30.5 Å². The summed E-state index contributed by atoms with van der Waals surface area (Å²) in [5, 5.41) is 3.01. The Morgan fingerprint density at radius 1 is 1.03 bits per heavy atom. The fraction of sp³-hybridized carbons (Fsp3) is 0.444. The number of piperidine rings is 1. The molecule has 0 atom stereocenters. The summed E-state index contributed by atoms with van der Waals surface area (Å²) >= 11 is 0. The molecular formula is C18H21F3N4O3S. The van der Waals surface area contributed by atoms with Gasteiger partial charge in [-0.3, -0.25) is 0 Å². The van der Waals surface area contributed by atoms with Gasteiger partial charge in [0.25, 0.3) is 0 Å². The third-order valence-electron chi connectivity index (χ3n) is 4.34. The molecule has 1 fully saturated rings. The van der Waals surface area contributed by atoms with E-state index < -0.39 is 22.8 Å². The molecule has 158 valence electrons. The van der Waals surface area contributed by atoms with Crippen molar-refractivity contribution in [3.8, 4) is 5.88 Å². The second-order valence-corrected chi connectivity index (χ2v) is 8.54. The summed E-state index contributed by atoms with van der Waals surface area (Å²) < 4.78 is 67.6. The molecule has 3 rings (SSSR count). The van der Waals surface area contributed by atoms with Crippen molar-refractivity contribution in [2.75, 3.05) is 25.0 Å². The van der Waals surface area contributed by atoms with Crippen molar-refractivity contribution in [1.82, 2.24) is 14.3 Å². The van der Waals surface area contributed by atoms with Crippen LogP contribution in [0.2, 0.25) is 0 Å². The van der Waals surface area contributed by atoms with E-state index in [0.717, 1.165) is 19.3 Å². The van der Waals surface area contributed by atoms with E-state index in [0.29, 0.717) is 31.0 Å². The van der Waals surface area contributed by atoms with Crippen molar-refractivity contribution >= 4 is 15.8 Å². The van der Waals surface area contributed by atoms with E-state index in [1.54, 1.807) is 12.1 Å². The summed E-state index contributed by atoms with van der Waals surface area (Å²) in [4.78, 5) is 8.12. The van der Waals surface area contributed by atoms with E-state index in [2.05, 4.69) is 20.0 Å². The lowest BCUT2D eigenvalue weighted by Crippen LogP contribution is -2.35. The van der Waals surface area contributed by atoms with E-state index in [4.69, 9.17) is 0 Å². The highest BCUT2D eigenvalue weighted by molar-refractivity contribution is 7.89. The molecule has 0 bridgehead atoms. The van der Waals surface area contributed by atoms with Gasteiger partial charge in [0.15, 0.2) is 6.61 Å². The minimum absolute atomic E-state index is 0.114. The van der Waals surface area contributed by atoms with Gasteiger partial charge in [0.1, 0.15) is 10.7 Å². The third-order valence-corrected chi connectivity index (χ3v) is 6.23. The molecular weight excluding hydrogens is 409 g/mol. The summed E-state index contributed by atoms with van der Waals surface area (Å²) in [5.74, 6) is 0.358. The van der Waals surface area contributed by atoms with Crippen LogP contribution >= 0.6 is 0 Å². The molecule has 0 amide bonds. The third kappa shape index (κ3) is 6.04. The minimum Gasteiger partial charge on any atom is -0.468 e. The summed E-state index contributed by atoms with van der Waals surface area (Å²) in [6, 6.07) is 6.02. The number of anilines is 1. The molecule has 0 spiro atoms. The Balaban J connectivity index is 1.55. The van der Waals surface area contributed by atoms with Crippen LogP contribution in [0.25, 0.3) is 0 Å². The predicted molar refractivity (Wildman–Crippen MR) is 100.0 cm³/mol. The van der Waals surface area contributed by atoms with Crippen molar-refractivity contribution in [2.45, 2.75) is 36.9 Å². The summed E-state index contributed by atoms with van der Waals surface area (Å²) in [6.07, 6.45) is 1.06. The molecule has 0 radical (unpaired) electrons. The molecule has 3 heterocycles. The quantitative estimate of drug-likeness (QED) is 0.726. The van der Waals surface area contributed by atoms with Gasteiger partial charge in [-0.1, -0.05) is 12.5 Å². The minimum atomic E-state index is -4.42. The second kappa shape index (κ2) is 8.95. The standard InChI is InChI=1S/C18H21F3N4O3S/c19-18(20,21)13-28-17-7-4-14(11-24-17)10-22-16-6-5-15(12-23-16)29(26,27)25-8-2-1-3-9-25/h4-7,11-12H,1-3,8-10,13H2,(H,22,23). The first kappa shape index (κ1) is 21.3. The topological polar surface area (TPSA) is 84.4 Å². The number of hydrogen-bond donors (Lipinski definition) is 1. The van der Waals surface area contributed by atoms with Gasteiger partial charge in [-0.2, -0.15) is 17.5 Å². The van der Waals surface area contributed by atoms with E-state index in [-0.39, 0.29) is 10.8 Å². The first-order valence-corrected chi connectivity index (χ1v) is 10.5. The van der Waals surface area contributed by atoms with Crippen molar-refractivity contribution in [3.63, 3.8) is 0 Å². The normalized spacial score (nSPS) is 15.8. The molecule has 1 aliphatic rings. The van der Waals surface area contributed by atoms with Crippen LogP contribution in [0.15, 0.2) is 41.6 Å². The molecule has 2 aromatic rings. The SMILES string of the molecule is O=S(=O)(c1ccc(NCc2ccc(OCC(F)(F)F)nc2)nc1)N1CCCCC1. The molecule has 0 unspecified atom stereocenters. The van der Waals surface area contributed by atoms with E-state index >= 15 is 0 Å². The van der Waals surface area contributed by atoms with E-state index in [9.17, 15) is 21.6 Å². The highest BCUT2D eigenvalue weighted by Crippen LogP contribution is 2.21. The lowest BCUT2D eigenvalue weighted by Gasteiger charge is -2.25. The smallest absolute Gasteiger partial charge is 0.422 e. The molecule has 0 aliphatic carbocycles. The van der Waals surface area contributed by atoms with Gasteiger partial charge in [-0.15, -0.1) is 0 Å². The van der Waals surface area contributed by atoms with Crippen LogP contribution in [-0.2, 0) is 16.6 Å². The zero-order chi connectivity index (χ0) is 20.9. The number of nitrogens with one attached hydrogen (secondary N) is 1. The average Bonchev–Trinajstić information content (AvgIpc) is 2.72. The van der Waals surface area contributed by atoms with E-state index in [1.165, 1.54) is 28.8 Å². The van der Waals surface area contributed by atoms with Gasteiger partial charge in [0.05, 0.1) is 0 Å². The maximum atomic E-state index is 12.6. The van der Waals surface area contributed by atoms with Gasteiger partial charge >= 0.3 is 6.18 Å². The zero-order valence-corrected chi connectivity index (χ0v) is 16.3. The lowest BCUT2D eigenvalue weighted by molar-refractivity contribution is -0.154. The maximum absolute atomic E-state index is 12.6. The summed E-state index contributed by atoms with van der Waals surface area (Å²) in [5.41, 5.74) is 0.705. The van der Waals surface area contributed by atoms with Crippen LogP contribution in [0.4, 0.5) is 19.0 Å². The van der Waals surface area contributed by atoms with Crippen molar-refractivity contribution in [1.29, 1.82) is 0 Å². The number of nitrogens with zero attached hydrogens (tertiary/aromatic N) is 3. The van der Waals surface area contributed by atoms with Crippen LogP contribution in [0, 0.1) is 0 Å². The number of rotatable bonds is 7. The Morgan fingerprint density at radius 3 is 2.38 bits per heavy atom.